The van der Waals surface area contributed by atoms with Crippen LogP contribution in [0.2, 0.25) is 0 Å². The summed E-state index contributed by atoms with van der Waals surface area (Å²) >= 11 is 1.63. The summed E-state index contributed by atoms with van der Waals surface area (Å²) in [6.07, 6.45) is 5.19. The van der Waals surface area contributed by atoms with Crippen molar-refractivity contribution >= 4 is 42.1 Å². The Hall–Kier alpha value is -1.08. The molecule has 0 saturated carbocycles. The number of aromatic amines is 1. The van der Waals surface area contributed by atoms with Gasteiger partial charge in [0, 0.05) is 35.8 Å². The van der Waals surface area contributed by atoms with Crippen LogP contribution in [0.5, 0.6) is 0 Å². The molecule has 0 aromatic carbocycles. The SMILES string of the molecule is Cc1nc(-c2c[nH]c(C(=O)N3C4CCNCC3CC4)c2)cs1.Cl.Cl. The Morgan fingerprint density at radius 2 is 2.08 bits per heavy atom. The summed E-state index contributed by atoms with van der Waals surface area (Å²) in [6, 6.07) is 2.67. The average Bonchev–Trinajstić information content (AvgIpc) is 3.16. The summed E-state index contributed by atoms with van der Waals surface area (Å²) in [4.78, 5) is 22.7. The number of rotatable bonds is 2. The number of fused-ring (bicyclic) bond motifs is 2. The molecule has 2 aromatic rings. The second-order valence-electron chi connectivity index (χ2n) is 6.14. The second-order valence-corrected chi connectivity index (χ2v) is 7.21. The second kappa shape index (κ2) is 7.87. The van der Waals surface area contributed by atoms with Crippen LogP contribution in [0.4, 0.5) is 0 Å². The van der Waals surface area contributed by atoms with Crippen LogP contribution in [-0.2, 0) is 0 Å². The first-order valence-electron chi connectivity index (χ1n) is 7.86. The van der Waals surface area contributed by atoms with Gasteiger partial charge in [0.2, 0.25) is 0 Å². The van der Waals surface area contributed by atoms with Crippen LogP contribution in [0.15, 0.2) is 17.6 Å². The number of hydrogen-bond acceptors (Lipinski definition) is 4. The Balaban J connectivity index is 0.00000104. The van der Waals surface area contributed by atoms with E-state index in [-0.39, 0.29) is 30.7 Å². The number of halogens is 2. The molecule has 4 heterocycles. The zero-order valence-corrected chi connectivity index (χ0v) is 15.9. The Morgan fingerprint density at radius 1 is 1.29 bits per heavy atom. The third-order valence-electron chi connectivity index (χ3n) is 4.72. The van der Waals surface area contributed by atoms with Crippen LogP contribution < -0.4 is 5.32 Å². The number of amides is 1. The van der Waals surface area contributed by atoms with Crippen LogP contribution in [-0.4, -0.2) is 45.9 Å². The summed E-state index contributed by atoms with van der Waals surface area (Å²) < 4.78 is 0. The lowest BCUT2D eigenvalue weighted by Crippen LogP contribution is -2.42. The molecule has 0 spiro atoms. The highest BCUT2D eigenvalue weighted by molar-refractivity contribution is 7.09. The number of hydrogen-bond donors (Lipinski definition) is 2. The lowest BCUT2D eigenvalue weighted by Gasteiger charge is -2.27. The Morgan fingerprint density at radius 3 is 2.83 bits per heavy atom. The van der Waals surface area contributed by atoms with E-state index in [4.69, 9.17) is 0 Å². The van der Waals surface area contributed by atoms with Gasteiger partial charge in [0.05, 0.1) is 10.7 Å². The van der Waals surface area contributed by atoms with Crippen molar-refractivity contribution < 1.29 is 4.79 Å². The van der Waals surface area contributed by atoms with Gasteiger partial charge in [-0.3, -0.25) is 4.79 Å². The molecule has 2 aromatic heterocycles. The zero-order valence-electron chi connectivity index (χ0n) is 13.4. The van der Waals surface area contributed by atoms with Crippen LogP contribution in [0.1, 0.15) is 34.8 Å². The predicted octanol–water partition coefficient (Wildman–Crippen LogP) is 3.26. The fraction of sp³-hybridized carbons (Fsp3) is 0.500. The smallest absolute Gasteiger partial charge is 0.270 e. The first-order chi connectivity index (χ1) is 10.7. The fourth-order valence-electron chi connectivity index (χ4n) is 3.61. The molecule has 4 rings (SSSR count). The molecule has 24 heavy (non-hydrogen) atoms. The van der Waals surface area contributed by atoms with Crippen LogP contribution in [0.3, 0.4) is 0 Å². The van der Waals surface area contributed by atoms with Crippen LogP contribution in [0, 0.1) is 6.92 Å². The van der Waals surface area contributed by atoms with Crippen molar-refractivity contribution in [2.75, 3.05) is 13.1 Å². The lowest BCUT2D eigenvalue weighted by atomic mass is 10.1. The summed E-state index contributed by atoms with van der Waals surface area (Å²) in [5, 5.41) is 6.51. The number of carbonyl (C=O) groups is 1. The zero-order chi connectivity index (χ0) is 15.1. The van der Waals surface area contributed by atoms with E-state index in [1.165, 1.54) is 0 Å². The number of aryl methyl sites for hydroxylation is 1. The standard InChI is InChI=1S/C16H20N4OS.2ClH/c1-10-19-15(9-22-10)11-6-14(18-7-11)16(21)20-12-2-3-13(20)8-17-5-4-12;;/h6-7,9,12-13,17-18H,2-5,8H2,1H3;2*1H. The third-order valence-corrected chi connectivity index (χ3v) is 5.49. The van der Waals surface area contributed by atoms with E-state index in [1.807, 2.05) is 24.6 Å². The van der Waals surface area contributed by atoms with E-state index in [9.17, 15) is 4.79 Å². The van der Waals surface area contributed by atoms with Gasteiger partial charge in [-0.15, -0.1) is 36.2 Å². The van der Waals surface area contributed by atoms with Crippen molar-refractivity contribution in [2.45, 2.75) is 38.3 Å². The third kappa shape index (κ3) is 3.47. The van der Waals surface area contributed by atoms with E-state index in [2.05, 4.69) is 20.2 Å². The molecule has 1 amide bonds. The minimum absolute atomic E-state index is 0. The van der Waals surface area contributed by atoms with Crippen molar-refractivity contribution in [1.82, 2.24) is 20.2 Å². The highest BCUT2D eigenvalue weighted by Crippen LogP contribution is 2.30. The number of H-pyrrole nitrogens is 1. The molecular weight excluding hydrogens is 367 g/mol. The van der Waals surface area contributed by atoms with Crippen molar-refractivity contribution in [3.05, 3.63) is 28.3 Å². The van der Waals surface area contributed by atoms with E-state index >= 15 is 0 Å². The molecule has 0 aliphatic carbocycles. The first kappa shape index (κ1) is 19.2. The number of nitrogens with one attached hydrogen (secondary N) is 2. The number of nitrogens with zero attached hydrogens (tertiary/aromatic N) is 2. The van der Waals surface area contributed by atoms with Gasteiger partial charge in [0.25, 0.3) is 5.91 Å². The van der Waals surface area contributed by atoms with Gasteiger partial charge in [-0.1, -0.05) is 0 Å². The number of carbonyl (C=O) groups excluding carboxylic acids is 1. The van der Waals surface area contributed by atoms with Gasteiger partial charge in [0.15, 0.2) is 0 Å². The Kier molecular flexibility index (Phi) is 6.31. The highest BCUT2D eigenvalue weighted by atomic mass is 35.5. The van der Waals surface area contributed by atoms with Gasteiger partial charge < -0.3 is 15.2 Å². The molecule has 2 atom stereocenters. The van der Waals surface area contributed by atoms with Gasteiger partial charge in [-0.05, 0) is 38.8 Å². The maximum absolute atomic E-state index is 12.9. The Labute approximate surface area is 158 Å². The highest BCUT2D eigenvalue weighted by Gasteiger charge is 2.38. The molecule has 2 N–H and O–H groups in total. The van der Waals surface area contributed by atoms with Gasteiger partial charge >= 0.3 is 0 Å². The summed E-state index contributed by atoms with van der Waals surface area (Å²) in [6.45, 7) is 3.93. The van der Waals surface area contributed by atoms with E-state index < -0.39 is 0 Å². The minimum Gasteiger partial charge on any atom is -0.357 e. The Bertz CT molecular complexity index is 688. The normalized spacial score (nSPS) is 22.5. The van der Waals surface area contributed by atoms with Crippen LogP contribution >= 0.6 is 36.2 Å². The lowest BCUT2D eigenvalue weighted by molar-refractivity contribution is 0.0675. The van der Waals surface area contributed by atoms with Crippen molar-refractivity contribution in [3.63, 3.8) is 0 Å². The van der Waals surface area contributed by atoms with E-state index in [0.717, 1.165) is 48.6 Å². The van der Waals surface area contributed by atoms with Crippen molar-refractivity contribution in [2.24, 2.45) is 0 Å². The van der Waals surface area contributed by atoms with Crippen molar-refractivity contribution in [3.8, 4) is 11.3 Å². The van der Waals surface area contributed by atoms with E-state index in [0.29, 0.717) is 17.8 Å². The first-order valence-corrected chi connectivity index (χ1v) is 8.74. The van der Waals surface area contributed by atoms with E-state index in [1.54, 1.807) is 11.3 Å². The number of thiazole rings is 1. The maximum atomic E-state index is 12.9. The van der Waals surface area contributed by atoms with Gasteiger partial charge in [-0.2, -0.15) is 0 Å². The quantitative estimate of drug-likeness (QED) is 0.829. The average molecular weight is 389 g/mol. The summed E-state index contributed by atoms with van der Waals surface area (Å²) in [5.74, 6) is 0.134. The molecule has 2 aliphatic rings. The maximum Gasteiger partial charge on any atom is 0.270 e. The van der Waals surface area contributed by atoms with Gasteiger partial charge in [0.1, 0.15) is 5.69 Å². The van der Waals surface area contributed by atoms with Gasteiger partial charge in [-0.25, -0.2) is 4.98 Å². The topological polar surface area (TPSA) is 61.0 Å². The molecule has 2 fully saturated rings. The van der Waals surface area contributed by atoms with Crippen LogP contribution in [0.25, 0.3) is 11.3 Å². The molecule has 132 valence electrons. The molecule has 8 heteroatoms. The summed E-state index contributed by atoms with van der Waals surface area (Å²) in [7, 11) is 0. The molecule has 2 aliphatic heterocycles. The molecule has 2 unspecified atom stereocenters. The summed E-state index contributed by atoms with van der Waals surface area (Å²) in [5.41, 5.74) is 2.62. The predicted molar refractivity (Wildman–Crippen MR) is 102 cm³/mol. The largest absolute Gasteiger partial charge is 0.357 e. The molecule has 2 bridgehead atoms. The molecule has 0 radical (unpaired) electrons. The monoisotopic (exact) mass is 388 g/mol. The van der Waals surface area contributed by atoms with Crippen molar-refractivity contribution in [1.29, 1.82) is 0 Å². The minimum atomic E-state index is 0. The number of aromatic nitrogens is 2. The molecular formula is C16H22Cl2N4OS. The molecule has 5 nitrogen and oxygen atoms in total. The fourth-order valence-corrected chi connectivity index (χ4v) is 4.24. The molecule has 2 saturated heterocycles.